The van der Waals surface area contributed by atoms with Crippen molar-refractivity contribution in [2.75, 3.05) is 19.8 Å². The third kappa shape index (κ3) is 32.0. The number of allylic oxidation sites excluding steroid dienone is 16. The van der Waals surface area contributed by atoms with Crippen LogP contribution in [0.2, 0.25) is 0 Å². The van der Waals surface area contributed by atoms with Crippen LogP contribution in [0.4, 0.5) is 0 Å². The first-order chi connectivity index (χ1) is 31.0. The number of hydrogen-bond acceptors (Lipinski definition) is 11. The van der Waals surface area contributed by atoms with Crippen molar-refractivity contribution in [3.8, 4) is 0 Å². The lowest BCUT2D eigenvalue weighted by atomic mass is 9.85. The van der Waals surface area contributed by atoms with E-state index in [1.807, 2.05) is 0 Å². The van der Waals surface area contributed by atoms with Gasteiger partial charge in [-0.15, -0.1) is 0 Å². The van der Waals surface area contributed by atoms with Gasteiger partial charge in [-0.1, -0.05) is 156 Å². The van der Waals surface area contributed by atoms with Crippen molar-refractivity contribution in [2.24, 2.45) is 0 Å². The molecule has 1 fully saturated rings. The van der Waals surface area contributed by atoms with Gasteiger partial charge in [0.25, 0.3) is 0 Å². The Labute approximate surface area is 385 Å². The minimum absolute atomic E-state index is 0.101. The summed E-state index contributed by atoms with van der Waals surface area (Å²) in [6.07, 6.45) is 43.3. The second-order valence-electron chi connectivity index (χ2n) is 16.2. The van der Waals surface area contributed by atoms with Gasteiger partial charge < -0.3 is 39.9 Å². The molecule has 6 atom stereocenters. The number of aliphatic hydroxyl groups excluding tert-OH is 5. The van der Waals surface area contributed by atoms with Crippen LogP contribution in [0, 0.1) is 0 Å². The number of aliphatic hydroxyl groups is 5. The van der Waals surface area contributed by atoms with E-state index in [1.165, 1.54) is 0 Å². The first-order valence-corrected chi connectivity index (χ1v) is 25.6. The molecule has 6 N–H and O–H groups in total. The fourth-order valence-corrected chi connectivity index (χ4v) is 7.66. The maximum absolute atomic E-state index is 12.8. The van der Waals surface area contributed by atoms with Gasteiger partial charge in [0.05, 0.1) is 13.2 Å². The molecule has 0 aliphatic heterocycles. The minimum atomic E-state index is -5.04. The van der Waals surface area contributed by atoms with Crippen molar-refractivity contribution in [3.05, 3.63) is 97.2 Å². The lowest BCUT2D eigenvalue weighted by Gasteiger charge is -2.41. The molecule has 1 rings (SSSR count). The molecule has 6 unspecified atom stereocenters. The summed E-state index contributed by atoms with van der Waals surface area (Å²) in [6, 6.07) is 0. The summed E-state index contributed by atoms with van der Waals surface area (Å²) in [4.78, 5) is 23.2. The average molecular weight is 921 g/mol. The SMILES string of the molecule is CC/C=C\C/C=C\C/C=C\C/C=C\C/C=C\CCCCCCCCOCC(COP(=O)(O)OC1C(O)C(O)C(O)C(O)C1O)OC(=O)CCCCCCC/C=C\C/C=C\C/C=C\CC. The van der Waals surface area contributed by atoms with Crippen LogP contribution in [0.3, 0.4) is 0 Å². The first kappa shape index (κ1) is 59.3. The third-order valence-corrected chi connectivity index (χ3v) is 11.4. The number of hydrogen-bond donors (Lipinski definition) is 6. The number of esters is 1. The molecule has 1 aliphatic carbocycles. The summed E-state index contributed by atoms with van der Waals surface area (Å²) in [7, 11) is -5.04. The van der Waals surface area contributed by atoms with Gasteiger partial charge in [0.1, 0.15) is 42.7 Å². The average Bonchev–Trinajstić information content (AvgIpc) is 3.28. The Morgan fingerprint density at radius 2 is 0.875 bits per heavy atom. The highest BCUT2D eigenvalue weighted by molar-refractivity contribution is 7.47. The lowest BCUT2D eigenvalue weighted by Crippen LogP contribution is -2.64. The number of phosphoric ester groups is 1. The van der Waals surface area contributed by atoms with Crippen LogP contribution < -0.4 is 0 Å². The van der Waals surface area contributed by atoms with Gasteiger partial charge in [0, 0.05) is 13.0 Å². The normalized spacial score (nSPS) is 22.6. The Balaban J connectivity index is 2.39. The zero-order valence-electron chi connectivity index (χ0n) is 39.0. The number of carbonyl (C=O) groups is 1. The summed E-state index contributed by atoms with van der Waals surface area (Å²) in [5, 5.41) is 50.2. The van der Waals surface area contributed by atoms with Gasteiger partial charge in [-0.05, 0) is 89.9 Å². The van der Waals surface area contributed by atoms with E-state index in [-0.39, 0.29) is 13.0 Å². The van der Waals surface area contributed by atoms with Crippen molar-refractivity contribution in [1.82, 2.24) is 0 Å². The molecule has 0 aromatic carbocycles. The molecule has 0 aromatic heterocycles. The van der Waals surface area contributed by atoms with Gasteiger partial charge >= 0.3 is 13.8 Å². The number of carbonyl (C=O) groups excluding carboxylic acids is 1. The van der Waals surface area contributed by atoms with Crippen molar-refractivity contribution < 1.29 is 58.3 Å². The Morgan fingerprint density at radius 1 is 0.500 bits per heavy atom. The Bertz CT molecular complexity index is 1420. The van der Waals surface area contributed by atoms with Crippen LogP contribution in [-0.4, -0.2) is 98.9 Å². The van der Waals surface area contributed by atoms with Crippen molar-refractivity contribution >= 4 is 13.8 Å². The Kier molecular flexibility index (Phi) is 37.5. The Morgan fingerprint density at radius 3 is 1.33 bits per heavy atom. The molecule has 12 nitrogen and oxygen atoms in total. The molecule has 64 heavy (non-hydrogen) atoms. The van der Waals surface area contributed by atoms with Crippen LogP contribution >= 0.6 is 7.82 Å². The van der Waals surface area contributed by atoms with E-state index in [0.29, 0.717) is 13.0 Å². The summed E-state index contributed by atoms with van der Waals surface area (Å²) in [5.74, 6) is -0.505. The molecule has 13 heteroatoms. The first-order valence-electron chi connectivity index (χ1n) is 24.1. The van der Waals surface area contributed by atoms with Crippen LogP contribution in [-0.2, 0) is 27.9 Å². The predicted octanol–water partition coefficient (Wildman–Crippen LogP) is 10.3. The summed E-state index contributed by atoms with van der Waals surface area (Å²) in [6.45, 7) is 3.96. The quantitative estimate of drug-likeness (QED) is 0.0148. The molecule has 1 aliphatic rings. The smallest absolute Gasteiger partial charge is 0.457 e. The van der Waals surface area contributed by atoms with E-state index in [9.17, 15) is 39.8 Å². The van der Waals surface area contributed by atoms with Gasteiger partial charge in [-0.25, -0.2) is 4.57 Å². The predicted molar refractivity (Wildman–Crippen MR) is 257 cm³/mol. The largest absolute Gasteiger partial charge is 0.472 e. The molecule has 0 saturated heterocycles. The monoisotopic (exact) mass is 921 g/mol. The zero-order valence-corrected chi connectivity index (χ0v) is 39.9. The molecule has 366 valence electrons. The van der Waals surface area contributed by atoms with Crippen molar-refractivity contribution in [1.29, 1.82) is 0 Å². The fourth-order valence-electron chi connectivity index (χ4n) is 6.69. The van der Waals surface area contributed by atoms with Gasteiger partial charge in [0.15, 0.2) is 0 Å². The molecule has 1 saturated carbocycles. The molecular weight excluding hydrogens is 836 g/mol. The van der Waals surface area contributed by atoms with Gasteiger partial charge in [-0.3, -0.25) is 13.8 Å². The Hall–Kier alpha value is -2.74. The minimum Gasteiger partial charge on any atom is -0.457 e. The van der Waals surface area contributed by atoms with Crippen molar-refractivity contribution in [2.45, 2.75) is 198 Å². The van der Waals surface area contributed by atoms with E-state index in [4.69, 9.17) is 18.5 Å². The van der Waals surface area contributed by atoms with Crippen LogP contribution in [0.15, 0.2) is 97.2 Å². The molecule has 0 aromatic rings. The zero-order chi connectivity index (χ0) is 46.9. The number of unbranched alkanes of at least 4 members (excludes halogenated alkanes) is 11. The maximum atomic E-state index is 12.8. The number of ether oxygens (including phenoxy) is 2. The topological polar surface area (TPSA) is 192 Å². The highest BCUT2D eigenvalue weighted by Crippen LogP contribution is 2.47. The lowest BCUT2D eigenvalue weighted by molar-refractivity contribution is -0.220. The highest BCUT2D eigenvalue weighted by atomic mass is 31.2. The van der Waals surface area contributed by atoms with Crippen LogP contribution in [0.5, 0.6) is 0 Å². The fraction of sp³-hybridized carbons (Fsp3) is 0.667. The molecule has 0 bridgehead atoms. The summed E-state index contributed by atoms with van der Waals surface area (Å²) >= 11 is 0. The summed E-state index contributed by atoms with van der Waals surface area (Å²) < 4.78 is 34.2. The second-order valence-corrected chi connectivity index (χ2v) is 17.6. The van der Waals surface area contributed by atoms with Gasteiger partial charge in [-0.2, -0.15) is 0 Å². The highest BCUT2D eigenvalue weighted by Gasteiger charge is 2.51. The van der Waals surface area contributed by atoms with Crippen LogP contribution in [0.25, 0.3) is 0 Å². The molecule has 0 amide bonds. The maximum Gasteiger partial charge on any atom is 0.472 e. The van der Waals surface area contributed by atoms with Crippen LogP contribution in [0.1, 0.15) is 155 Å². The van der Waals surface area contributed by atoms with E-state index in [0.717, 1.165) is 128 Å². The standard InChI is InChI=1S/C51H85O12P/c1-3-5-7-9-11-13-15-17-19-20-21-22-23-24-25-27-29-31-33-35-37-39-41-60-42-44(43-61-64(58,59)63-51-49(56)47(54)46(53)48(55)50(51)57)62-45(52)40-38-36-34-32-30-28-26-18-16-14-12-10-8-6-4-2/h5-8,11-14,17-19,21-22,24-26,44,46-51,53-57H,3-4,9-10,15-16,20,23,27-43H2,1-2H3,(H,58,59)/b7-5-,8-6-,13-11-,14-12-,19-17-,22-21-,25-24-,26-18-. The molecular formula is C51H85O12P. The summed E-state index contributed by atoms with van der Waals surface area (Å²) in [5.41, 5.74) is 0. The van der Waals surface area contributed by atoms with Crippen molar-refractivity contribution in [3.63, 3.8) is 0 Å². The third-order valence-electron chi connectivity index (χ3n) is 10.5. The van der Waals surface area contributed by atoms with E-state index >= 15 is 0 Å². The van der Waals surface area contributed by atoms with E-state index in [2.05, 4.69) is 111 Å². The van der Waals surface area contributed by atoms with Gasteiger partial charge in [0.2, 0.25) is 0 Å². The number of phosphoric acid groups is 1. The van der Waals surface area contributed by atoms with E-state index < -0.39 is 63.1 Å². The molecule has 0 spiro atoms. The number of rotatable bonds is 39. The second kappa shape index (κ2) is 40.5. The molecule has 0 radical (unpaired) electrons. The van der Waals surface area contributed by atoms with E-state index in [1.54, 1.807) is 0 Å². The molecule has 0 heterocycles.